The number of pyridine rings is 2. The van der Waals surface area contributed by atoms with Crippen LogP contribution in [0.3, 0.4) is 0 Å². The molecule has 0 aliphatic carbocycles. The number of nitriles is 2. The molecule has 0 radical (unpaired) electrons. The van der Waals surface area contributed by atoms with Gasteiger partial charge in [0.15, 0.2) is 0 Å². The molecular weight excluding hydrogens is 1120 g/mol. The zero-order valence-corrected chi connectivity index (χ0v) is 53.0. The summed E-state index contributed by atoms with van der Waals surface area (Å²) < 4.78 is 3.60. The van der Waals surface area contributed by atoms with Gasteiger partial charge in [-0.15, -0.1) is 0 Å². The Hall–Kier alpha value is -11.6. The normalized spacial score (nSPS) is 11.7. The van der Waals surface area contributed by atoms with Crippen molar-refractivity contribution in [1.29, 1.82) is 10.5 Å². The van der Waals surface area contributed by atoms with Crippen molar-refractivity contribution >= 4 is 76.5 Å². The van der Waals surface area contributed by atoms with Crippen LogP contribution in [0.2, 0.25) is 0 Å². The van der Waals surface area contributed by atoms with Crippen molar-refractivity contribution < 1.29 is 0 Å². The fraction of sp³-hybridized carbons (Fsp3) is 0.119. The summed E-state index contributed by atoms with van der Waals surface area (Å²) in [6, 6.07) is 71.0. The standard InChI is InChI=1S/2C42H31N3O/c1-23-12-14-28(15-13-23)31-18-19-33-39-32(17-16-29(22-43)38(31)39)41-44-40-34(37-26(4)10-7-11-27(37)5)20-30(21-35(40)45(41)42(33)46)36-24(2)8-6-9-25(36)3;1-23-12-14-28(15-13-23)31-18-19-33-39-32(17-16-29(22-43)38(31)39)41-44-35-21-30(36-24(2)8-6-9-25(36)3)20-34(40(35)45(41)42(33)46)37-26(4)10-7-11-27(37)5/h2*6-21H,1-5H3. The Morgan fingerprint density at radius 2 is 0.717 bits per heavy atom. The second-order valence-electron chi connectivity index (χ2n) is 25.1. The SMILES string of the molecule is Cc1ccc(-c2ccc3c(=O)n4c(nc5cc(-c6c(C)cccc6C)cc(-c6c(C)cccc6C)c54)c4ccc(C#N)c2c34)cc1.Cc1ccc(-c2ccc3c(=O)n4c5cc(-c6c(C)cccc6C)cc(-c6c(C)cccc6C)c5nc4c4ccc(C#N)c2c34)cc1. The summed E-state index contributed by atoms with van der Waals surface area (Å²) in [4.78, 5) is 39.9. The molecule has 0 aliphatic heterocycles. The highest BCUT2D eigenvalue weighted by Crippen LogP contribution is 2.45. The number of aromatic nitrogens is 4. The average Bonchev–Trinajstić information content (AvgIpc) is 1.39. The van der Waals surface area contributed by atoms with Gasteiger partial charge in [-0.1, -0.05) is 145 Å². The summed E-state index contributed by atoms with van der Waals surface area (Å²) in [7, 11) is 0. The highest BCUT2D eigenvalue weighted by Gasteiger charge is 2.27. The third kappa shape index (κ3) is 8.70. The van der Waals surface area contributed by atoms with Gasteiger partial charge in [-0.3, -0.25) is 18.4 Å². The lowest BCUT2D eigenvalue weighted by Gasteiger charge is -2.16. The van der Waals surface area contributed by atoms with E-state index in [-0.39, 0.29) is 11.1 Å². The highest BCUT2D eigenvalue weighted by atomic mass is 16.1. The van der Waals surface area contributed by atoms with Gasteiger partial charge in [0.2, 0.25) is 0 Å². The molecule has 0 bridgehead atoms. The summed E-state index contributed by atoms with van der Waals surface area (Å²) in [5, 5.41) is 26.5. The van der Waals surface area contributed by atoms with E-state index in [2.05, 4.69) is 227 Å². The molecule has 8 nitrogen and oxygen atoms in total. The molecule has 16 rings (SSSR count). The van der Waals surface area contributed by atoms with E-state index in [1.807, 2.05) is 48.5 Å². The first-order chi connectivity index (χ1) is 44.5. The maximum absolute atomic E-state index is 14.7. The van der Waals surface area contributed by atoms with Gasteiger partial charge in [-0.2, -0.15) is 10.5 Å². The van der Waals surface area contributed by atoms with Crippen molar-refractivity contribution in [2.45, 2.75) is 69.2 Å². The minimum Gasteiger partial charge on any atom is -0.268 e. The molecule has 0 amide bonds. The Balaban J connectivity index is 0.000000153. The zero-order valence-electron chi connectivity index (χ0n) is 53.0. The highest BCUT2D eigenvalue weighted by molar-refractivity contribution is 6.23. The molecule has 0 N–H and O–H groups in total. The summed E-state index contributed by atoms with van der Waals surface area (Å²) in [5.74, 6) is 0. The van der Waals surface area contributed by atoms with Crippen molar-refractivity contribution in [3.05, 3.63) is 282 Å². The van der Waals surface area contributed by atoms with Gasteiger partial charge in [0, 0.05) is 54.2 Å². The monoisotopic (exact) mass is 1190 g/mol. The minimum atomic E-state index is -0.133. The quantitative estimate of drug-likeness (QED) is 0.164. The summed E-state index contributed by atoms with van der Waals surface area (Å²) in [5.41, 5.74) is 29.4. The summed E-state index contributed by atoms with van der Waals surface area (Å²) in [6.45, 7) is 21.2. The molecule has 0 unspecified atom stereocenters. The van der Waals surface area contributed by atoms with Crippen LogP contribution < -0.4 is 11.1 Å². The van der Waals surface area contributed by atoms with Crippen LogP contribution in [0.15, 0.2) is 204 Å². The van der Waals surface area contributed by atoms with Crippen LogP contribution >= 0.6 is 0 Å². The van der Waals surface area contributed by atoms with E-state index in [0.717, 1.165) is 143 Å². The summed E-state index contributed by atoms with van der Waals surface area (Å²) >= 11 is 0. The molecule has 4 aromatic heterocycles. The van der Waals surface area contributed by atoms with Crippen LogP contribution in [0, 0.1) is 91.9 Å². The second kappa shape index (κ2) is 21.6. The molecule has 440 valence electrons. The van der Waals surface area contributed by atoms with Crippen molar-refractivity contribution in [2.75, 3.05) is 0 Å². The van der Waals surface area contributed by atoms with E-state index < -0.39 is 0 Å². The van der Waals surface area contributed by atoms with Crippen LogP contribution in [0.4, 0.5) is 0 Å². The molecule has 12 aromatic carbocycles. The van der Waals surface area contributed by atoms with Gasteiger partial charge in [0.1, 0.15) is 11.3 Å². The van der Waals surface area contributed by atoms with E-state index in [1.54, 1.807) is 8.80 Å². The fourth-order valence-electron chi connectivity index (χ4n) is 14.9. The predicted octanol–water partition coefficient (Wildman–Crippen LogP) is 20.0. The Morgan fingerprint density at radius 3 is 1.16 bits per heavy atom. The van der Waals surface area contributed by atoms with E-state index in [0.29, 0.717) is 33.2 Å². The van der Waals surface area contributed by atoms with Crippen LogP contribution in [-0.2, 0) is 0 Å². The van der Waals surface area contributed by atoms with E-state index in [4.69, 9.17) is 9.97 Å². The molecule has 0 saturated heterocycles. The average molecular weight is 1190 g/mol. The lowest BCUT2D eigenvalue weighted by Crippen LogP contribution is -2.14. The lowest BCUT2D eigenvalue weighted by molar-refractivity contribution is 1.19. The van der Waals surface area contributed by atoms with Crippen LogP contribution in [0.5, 0.6) is 0 Å². The lowest BCUT2D eigenvalue weighted by atomic mass is 9.89. The van der Waals surface area contributed by atoms with Crippen LogP contribution in [0.25, 0.3) is 143 Å². The molecule has 0 fully saturated rings. The fourth-order valence-corrected chi connectivity index (χ4v) is 14.9. The number of benzene rings is 12. The van der Waals surface area contributed by atoms with Crippen LogP contribution in [-0.4, -0.2) is 18.8 Å². The molecule has 92 heavy (non-hydrogen) atoms. The van der Waals surface area contributed by atoms with Gasteiger partial charge < -0.3 is 0 Å². The number of nitrogens with zero attached hydrogens (tertiary/aromatic N) is 6. The first-order valence-electron chi connectivity index (χ1n) is 31.2. The van der Waals surface area contributed by atoms with E-state index in [9.17, 15) is 20.1 Å². The Morgan fingerprint density at radius 1 is 0.337 bits per heavy atom. The minimum absolute atomic E-state index is 0.132. The number of hydrogen-bond donors (Lipinski definition) is 0. The number of aryl methyl sites for hydroxylation is 10. The Kier molecular flexibility index (Phi) is 13.3. The Bertz CT molecular complexity index is 5860. The van der Waals surface area contributed by atoms with Gasteiger partial charge in [-0.05, 0) is 230 Å². The second-order valence-corrected chi connectivity index (χ2v) is 25.1. The van der Waals surface area contributed by atoms with Gasteiger partial charge in [-0.25, -0.2) is 9.97 Å². The first kappa shape index (κ1) is 56.9. The smallest absolute Gasteiger partial charge is 0.264 e. The predicted molar refractivity (Wildman–Crippen MR) is 380 cm³/mol. The van der Waals surface area contributed by atoms with E-state index >= 15 is 0 Å². The summed E-state index contributed by atoms with van der Waals surface area (Å²) in [6.07, 6.45) is 0. The third-order valence-corrected chi connectivity index (χ3v) is 19.2. The molecule has 0 atom stereocenters. The third-order valence-electron chi connectivity index (χ3n) is 19.2. The molecule has 0 spiro atoms. The molecule has 0 saturated carbocycles. The number of hydrogen-bond acceptors (Lipinski definition) is 6. The molecule has 16 aromatic rings. The Labute approximate surface area is 532 Å². The van der Waals surface area contributed by atoms with Crippen molar-refractivity contribution in [2.24, 2.45) is 0 Å². The van der Waals surface area contributed by atoms with Gasteiger partial charge >= 0.3 is 0 Å². The van der Waals surface area contributed by atoms with Gasteiger partial charge in [0.25, 0.3) is 11.1 Å². The molecule has 0 aliphatic rings. The maximum Gasteiger partial charge on any atom is 0.264 e. The molecule has 4 heterocycles. The zero-order chi connectivity index (χ0) is 63.7. The number of rotatable bonds is 6. The topological polar surface area (TPSA) is 116 Å². The maximum atomic E-state index is 14.7. The number of imidazole rings is 2. The van der Waals surface area contributed by atoms with Crippen molar-refractivity contribution in [1.82, 2.24) is 18.8 Å². The van der Waals surface area contributed by atoms with Gasteiger partial charge in [0.05, 0.1) is 45.3 Å². The largest absolute Gasteiger partial charge is 0.268 e. The van der Waals surface area contributed by atoms with Crippen molar-refractivity contribution in [3.8, 4) is 78.9 Å². The molecular formula is C84H62N6O2. The molecule has 8 heteroatoms. The van der Waals surface area contributed by atoms with Crippen molar-refractivity contribution in [3.63, 3.8) is 0 Å². The van der Waals surface area contributed by atoms with Crippen LogP contribution in [0.1, 0.15) is 66.8 Å². The number of fused-ring (bicyclic) bond motifs is 8. The first-order valence-corrected chi connectivity index (χ1v) is 31.2. The van der Waals surface area contributed by atoms with E-state index in [1.165, 1.54) is 33.4 Å².